The molecular weight excluding hydrogens is 292 g/mol. The van der Waals surface area contributed by atoms with Gasteiger partial charge in [0.25, 0.3) is 0 Å². The van der Waals surface area contributed by atoms with Crippen LogP contribution in [0.1, 0.15) is 12.8 Å². The van der Waals surface area contributed by atoms with Crippen molar-refractivity contribution in [2.45, 2.75) is 12.8 Å². The molecule has 0 radical (unpaired) electrons. The summed E-state index contributed by atoms with van der Waals surface area (Å²) < 4.78 is 10.7. The van der Waals surface area contributed by atoms with Gasteiger partial charge in [0.15, 0.2) is 5.96 Å². The van der Waals surface area contributed by atoms with Crippen LogP contribution in [0.5, 0.6) is 11.5 Å². The van der Waals surface area contributed by atoms with Gasteiger partial charge in [-0.2, -0.15) is 0 Å². The van der Waals surface area contributed by atoms with Crippen molar-refractivity contribution < 1.29 is 9.47 Å². The van der Waals surface area contributed by atoms with Crippen LogP contribution in [0.2, 0.25) is 0 Å². The van der Waals surface area contributed by atoms with Gasteiger partial charge in [-0.15, -0.1) is 0 Å². The van der Waals surface area contributed by atoms with Gasteiger partial charge in [-0.1, -0.05) is 0 Å². The zero-order valence-corrected chi connectivity index (χ0v) is 14.0. The van der Waals surface area contributed by atoms with E-state index in [1.807, 2.05) is 6.07 Å². The topological polar surface area (TPSA) is 58.1 Å². The molecule has 6 heteroatoms. The Morgan fingerprint density at radius 3 is 2.70 bits per heavy atom. The zero-order chi connectivity index (χ0) is 16.1. The summed E-state index contributed by atoms with van der Waals surface area (Å²) in [7, 11) is 3.38. The van der Waals surface area contributed by atoms with Gasteiger partial charge in [0.2, 0.25) is 0 Å². The molecule has 126 valence electrons. The fraction of sp³-hybridized carbons (Fsp3) is 0.588. The van der Waals surface area contributed by atoms with Crippen LogP contribution >= 0.6 is 0 Å². The van der Waals surface area contributed by atoms with Crippen LogP contribution in [0.3, 0.4) is 0 Å². The molecule has 0 aromatic heterocycles. The largest absolute Gasteiger partial charge is 0.497 e. The molecule has 0 spiro atoms. The minimum Gasteiger partial charge on any atom is -0.497 e. The molecule has 2 aliphatic heterocycles. The van der Waals surface area contributed by atoms with Crippen LogP contribution in [-0.2, 0) is 0 Å². The fourth-order valence-electron chi connectivity index (χ4n) is 3.10. The average Bonchev–Trinajstić information content (AvgIpc) is 3.09. The molecule has 6 nitrogen and oxygen atoms in total. The number of ether oxygens (including phenoxy) is 2. The number of rotatable bonds is 5. The summed E-state index contributed by atoms with van der Waals surface area (Å²) in [6.45, 7) is 5.00. The molecule has 2 N–H and O–H groups in total. The maximum atomic E-state index is 5.37. The van der Waals surface area contributed by atoms with Gasteiger partial charge in [-0.3, -0.25) is 4.99 Å². The number of nitrogens with one attached hydrogen (secondary N) is 2. The third-order valence-electron chi connectivity index (χ3n) is 4.44. The summed E-state index contributed by atoms with van der Waals surface area (Å²) in [5, 5.41) is 6.75. The van der Waals surface area contributed by atoms with E-state index in [9.17, 15) is 0 Å². The summed E-state index contributed by atoms with van der Waals surface area (Å²) >= 11 is 0. The van der Waals surface area contributed by atoms with E-state index in [-0.39, 0.29) is 0 Å². The highest BCUT2D eigenvalue weighted by atomic mass is 16.5. The third-order valence-corrected chi connectivity index (χ3v) is 4.44. The van der Waals surface area contributed by atoms with Crippen molar-refractivity contribution in [3.05, 3.63) is 18.2 Å². The summed E-state index contributed by atoms with van der Waals surface area (Å²) in [5.41, 5.74) is 1.16. The number of aliphatic imine (C=N–C) groups is 1. The predicted molar refractivity (Wildman–Crippen MR) is 92.8 cm³/mol. The molecule has 1 unspecified atom stereocenters. The van der Waals surface area contributed by atoms with Crippen molar-refractivity contribution in [2.75, 3.05) is 51.8 Å². The highest BCUT2D eigenvalue weighted by Crippen LogP contribution is 2.31. The Hall–Kier alpha value is -2.11. The maximum absolute atomic E-state index is 5.37. The number of guanidine groups is 1. The lowest BCUT2D eigenvalue weighted by molar-refractivity contribution is 0.394. The molecule has 2 aliphatic rings. The monoisotopic (exact) mass is 318 g/mol. The van der Waals surface area contributed by atoms with E-state index in [0.717, 1.165) is 62.3 Å². The van der Waals surface area contributed by atoms with E-state index in [2.05, 4.69) is 32.7 Å². The second kappa shape index (κ2) is 7.44. The number of benzene rings is 1. The van der Waals surface area contributed by atoms with Gasteiger partial charge in [0.1, 0.15) is 11.5 Å². The first-order chi connectivity index (χ1) is 11.3. The quantitative estimate of drug-likeness (QED) is 0.861. The van der Waals surface area contributed by atoms with Crippen LogP contribution in [0.4, 0.5) is 5.69 Å². The first-order valence-electron chi connectivity index (χ1n) is 8.28. The Labute approximate surface area is 137 Å². The van der Waals surface area contributed by atoms with Gasteiger partial charge < -0.3 is 25.0 Å². The smallest absolute Gasteiger partial charge is 0.191 e. The first kappa shape index (κ1) is 15.8. The fourth-order valence-corrected chi connectivity index (χ4v) is 3.10. The van der Waals surface area contributed by atoms with Crippen LogP contribution in [-0.4, -0.2) is 52.9 Å². The number of nitrogens with zero attached hydrogens (tertiary/aromatic N) is 2. The molecule has 2 heterocycles. The molecule has 1 atom stereocenters. The van der Waals surface area contributed by atoms with Crippen molar-refractivity contribution in [2.24, 2.45) is 10.9 Å². The summed E-state index contributed by atoms with van der Waals surface area (Å²) in [4.78, 5) is 6.86. The lowest BCUT2D eigenvalue weighted by Gasteiger charge is -2.21. The van der Waals surface area contributed by atoms with Gasteiger partial charge in [0.05, 0.1) is 14.2 Å². The van der Waals surface area contributed by atoms with E-state index in [1.165, 1.54) is 6.42 Å². The van der Waals surface area contributed by atoms with Crippen molar-refractivity contribution in [1.29, 1.82) is 0 Å². The molecule has 0 aliphatic carbocycles. The summed E-state index contributed by atoms with van der Waals surface area (Å²) in [6, 6.07) is 6.06. The van der Waals surface area contributed by atoms with Crippen LogP contribution < -0.4 is 25.0 Å². The molecule has 1 fully saturated rings. The van der Waals surface area contributed by atoms with E-state index in [4.69, 9.17) is 9.47 Å². The molecule has 1 aromatic rings. The Kier molecular flexibility index (Phi) is 5.10. The van der Waals surface area contributed by atoms with Crippen LogP contribution in [0, 0.1) is 5.92 Å². The predicted octanol–water partition coefficient (Wildman–Crippen LogP) is 1.47. The third kappa shape index (κ3) is 4.00. The van der Waals surface area contributed by atoms with Crippen LogP contribution in [0.15, 0.2) is 23.2 Å². The summed E-state index contributed by atoms with van der Waals surface area (Å²) in [5.74, 6) is 3.25. The standard InChI is InChI=1S/C17H26N4O2/c1-22-15-8-14(9-16(10-15)23-2)21-7-4-13(12-21)11-20-17-18-5-3-6-19-17/h8-10,13H,3-7,11-12H2,1-2H3,(H2,18,19,20). The number of hydrogen-bond donors (Lipinski definition) is 2. The highest BCUT2D eigenvalue weighted by molar-refractivity contribution is 5.80. The molecule has 0 amide bonds. The van der Waals surface area contributed by atoms with E-state index >= 15 is 0 Å². The maximum Gasteiger partial charge on any atom is 0.191 e. The van der Waals surface area contributed by atoms with E-state index < -0.39 is 0 Å². The highest BCUT2D eigenvalue weighted by Gasteiger charge is 2.23. The van der Waals surface area contributed by atoms with E-state index in [1.54, 1.807) is 14.2 Å². The van der Waals surface area contributed by atoms with Crippen molar-refractivity contribution in [3.63, 3.8) is 0 Å². The molecule has 3 rings (SSSR count). The van der Waals surface area contributed by atoms with E-state index in [0.29, 0.717) is 5.92 Å². The number of methoxy groups -OCH3 is 2. The second-order valence-corrected chi connectivity index (χ2v) is 6.06. The zero-order valence-electron chi connectivity index (χ0n) is 14.0. The van der Waals surface area contributed by atoms with Crippen molar-refractivity contribution in [1.82, 2.24) is 10.6 Å². The molecule has 1 saturated heterocycles. The lowest BCUT2D eigenvalue weighted by Crippen LogP contribution is -2.43. The van der Waals surface area contributed by atoms with Crippen molar-refractivity contribution >= 4 is 11.6 Å². The Bertz CT molecular complexity index is 539. The molecule has 1 aromatic carbocycles. The molecule has 0 saturated carbocycles. The van der Waals surface area contributed by atoms with Gasteiger partial charge in [0, 0.05) is 56.6 Å². The van der Waals surface area contributed by atoms with Crippen molar-refractivity contribution in [3.8, 4) is 11.5 Å². The molecular formula is C17H26N4O2. The average molecular weight is 318 g/mol. The molecule has 23 heavy (non-hydrogen) atoms. The minimum absolute atomic E-state index is 0.624. The SMILES string of the molecule is COc1cc(OC)cc(N2CCC(CNC3=NCCCN3)C2)c1. The Balaban J connectivity index is 1.57. The van der Waals surface area contributed by atoms with Gasteiger partial charge in [-0.05, 0) is 18.8 Å². The number of hydrogen-bond acceptors (Lipinski definition) is 6. The molecule has 0 bridgehead atoms. The van der Waals surface area contributed by atoms with Gasteiger partial charge >= 0.3 is 0 Å². The van der Waals surface area contributed by atoms with Crippen LogP contribution in [0.25, 0.3) is 0 Å². The number of anilines is 1. The Morgan fingerprint density at radius 1 is 1.26 bits per heavy atom. The second-order valence-electron chi connectivity index (χ2n) is 6.06. The minimum atomic E-state index is 0.624. The van der Waals surface area contributed by atoms with Gasteiger partial charge in [-0.25, -0.2) is 0 Å². The first-order valence-corrected chi connectivity index (χ1v) is 8.28. The normalized spacial score (nSPS) is 20.7. The Morgan fingerprint density at radius 2 is 2.04 bits per heavy atom. The summed E-state index contributed by atoms with van der Waals surface area (Å²) in [6.07, 6.45) is 2.31. The lowest BCUT2D eigenvalue weighted by atomic mass is 10.1.